The Hall–Kier alpha value is -1.63. The maximum atomic E-state index is 11.0. The van der Waals surface area contributed by atoms with Crippen molar-refractivity contribution >= 4 is 21.9 Å². The lowest BCUT2D eigenvalue weighted by Gasteiger charge is -2.05. The van der Waals surface area contributed by atoms with Gasteiger partial charge in [0, 0.05) is 13.2 Å². The molecule has 0 fully saturated rings. The van der Waals surface area contributed by atoms with Gasteiger partial charge in [-0.05, 0) is 28.9 Å². The van der Waals surface area contributed by atoms with Crippen molar-refractivity contribution in [2.75, 3.05) is 0 Å². The molecule has 0 spiro atoms. The fraction of sp³-hybridized carbons (Fsp3) is 0.300. The summed E-state index contributed by atoms with van der Waals surface area (Å²) < 4.78 is 4.03. The number of carbonyl (C=O) groups is 1. The first kappa shape index (κ1) is 11.8. The summed E-state index contributed by atoms with van der Waals surface area (Å²) in [7, 11) is 1.82. The smallest absolute Gasteiger partial charge is 0.354 e. The second kappa shape index (κ2) is 4.33. The summed E-state index contributed by atoms with van der Waals surface area (Å²) >= 11 is 3.44. The Morgan fingerprint density at radius 3 is 2.82 bits per heavy atom. The number of hydrogen-bond acceptors (Lipinski definition) is 3. The molecule has 0 aromatic carbocycles. The van der Waals surface area contributed by atoms with Crippen molar-refractivity contribution in [2.24, 2.45) is 7.05 Å². The van der Waals surface area contributed by atoms with E-state index < -0.39 is 5.97 Å². The Labute approximate surface area is 106 Å². The minimum Gasteiger partial charge on any atom is -0.477 e. The van der Waals surface area contributed by atoms with Crippen LogP contribution in [-0.4, -0.2) is 30.6 Å². The first-order valence-electron chi connectivity index (χ1n) is 4.93. The first-order chi connectivity index (χ1) is 8.00. The maximum Gasteiger partial charge on any atom is 0.354 e. The molecule has 2 rings (SSSR count). The molecule has 2 aromatic heterocycles. The van der Waals surface area contributed by atoms with Gasteiger partial charge in [0.1, 0.15) is 5.69 Å². The molecule has 2 aromatic rings. The lowest BCUT2D eigenvalue weighted by molar-refractivity contribution is 0.0684. The number of carboxylic acids is 1. The molecular weight excluding hydrogens is 288 g/mol. The summed E-state index contributed by atoms with van der Waals surface area (Å²) in [5.41, 5.74) is 1.91. The van der Waals surface area contributed by atoms with Gasteiger partial charge in [-0.15, -0.1) is 0 Å². The molecule has 0 atom stereocenters. The largest absolute Gasteiger partial charge is 0.477 e. The van der Waals surface area contributed by atoms with Crippen LogP contribution in [0.1, 0.15) is 21.9 Å². The molecule has 2 heterocycles. The van der Waals surface area contributed by atoms with Gasteiger partial charge in [-0.3, -0.25) is 9.36 Å². The third-order valence-electron chi connectivity index (χ3n) is 2.50. The van der Waals surface area contributed by atoms with Crippen LogP contribution in [0.25, 0.3) is 0 Å². The Balaban J connectivity index is 2.38. The molecule has 17 heavy (non-hydrogen) atoms. The lowest BCUT2D eigenvalue weighted by atomic mass is 10.3. The zero-order valence-corrected chi connectivity index (χ0v) is 11.0. The molecule has 6 nitrogen and oxygen atoms in total. The second-order valence-electron chi connectivity index (χ2n) is 3.65. The van der Waals surface area contributed by atoms with E-state index in [1.165, 1.54) is 16.9 Å². The van der Waals surface area contributed by atoms with Crippen LogP contribution in [0.4, 0.5) is 0 Å². The van der Waals surface area contributed by atoms with Gasteiger partial charge in [0.2, 0.25) is 0 Å². The van der Waals surface area contributed by atoms with Crippen molar-refractivity contribution in [3.63, 3.8) is 0 Å². The van der Waals surface area contributed by atoms with Crippen LogP contribution < -0.4 is 0 Å². The molecule has 0 unspecified atom stereocenters. The molecule has 90 valence electrons. The van der Waals surface area contributed by atoms with Crippen molar-refractivity contribution in [3.8, 4) is 0 Å². The highest BCUT2D eigenvalue weighted by atomic mass is 79.9. The van der Waals surface area contributed by atoms with Crippen molar-refractivity contribution in [1.29, 1.82) is 0 Å². The minimum atomic E-state index is -0.988. The van der Waals surface area contributed by atoms with Crippen LogP contribution in [0.15, 0.2) is 16.7 Å². The van der Waals surface area contributed by atoms with Gasteiger partial charge >= 0.3 is 5.97 Å². The minimum absolute atomic E-state index is 0.163. The molecule has 7 heteroatoms. The van der Waals surface area contributed by atoms with Crippen LogP contribution in [0.2, 0.25) is 0 Å². The summed E-state index contributed by atoms with van der Waals surface area (Å²) in [6.07, 6.45) is 1.47. The highest BCUT2D eigenvalue weighted by molar-refractivity contribution is 9.10. The predicted molar refractivity (Wildman–Crippen MR) is 63.9 cm³/mol. The third-order valence-corrected chi connectivity index (χ3v) is 3.53. The normalized spacial score (nSPS) is 10.8. The van der Waals surface area contributed by atoms with Crippen LogP contribution in [0.5, 0.6) is 0 Å². The molecule has 0 bridgehead atoms. The molecule has 0 aliphatic rings. The van der Waals surface area contributed by atoms with E-state index >= 15 is 0 Å². The van der Waals surface area contributed by atoms with E-state index in [0.29, 0.717) is 6.54 Å². The average Bonchev–Trinajstić information content (AvgIpc) is 2.80. The van der Waals surface area contributed by atoms with Crippen molar-refractivity contribution < 1.29 is 9.90 Å². The van der Waals surface area contributed by atoms with Gasteiger partial charge in [-0.25, -0.2) is 4.79 Å². The predicted octanol–water partition coefficient (Wildman–Crippen LogP) is 1.43. The van der Waals surface area contributed by atoms with E-state index in [4.69, 9.17) is 5.11 Å². The highest BCUT2D eigenvalue weighted by Crippen LogP contribution is 2.21. The summed E-state index contributed by atoms with van der Waals surface area (Å²) in [4.78, 5) is 11.0. The quantitative estimate of drug-likeness (QED) is 0.930. The summed E-state index contributed by atoms with van der Waals surface area (Å²) in [6, 6.07) is 1.47. The maximum absolute atomic E-state index is 11.0. The van der Waals surface area contributed by atoms with E-state index in [9.17, 15) is 4.79 Å². The van der Waals surface area contributed by atoms with Gasteiger partial charge in [0.15, 0.2) is 0 Å². The van der Waals surface area contributed by atoms with Crippen LogP contribution in [0, 0.1) is 6.92 Å². The monoisotopic (exact) mass is 298 g/mol. The molecule has 0 saturated heterocycles. The first-order valence-corrected chi connectivity index (χ1v) is 5.73. The van der Waals surface area contributed by atoms with Crippen LogP contribution >= 0.6 is 15.9 Å². The van der Waals surface area contributed by atoms with Gasteiger partial charge in [-0.2, -0.15) is 10.2 Å². The molecule has 1 N–H and O–H groups in total. The zero-order valence-electron chi connectivity index (χ0n) is 9.38. The second-order valence-corrected chi connectivity index (χ2v) is 4.44. The van der Waals surface area contributed by atoms with Gasteiger partial charge in [0.05, 0.1) is 22.4 Å². The summed E-state index contributed by atoms with van der Waals surface area (Å²) in [6.45, 7) is 2.25. The standard InChI is InChI=1S/C10H11BrN4O2/c1-6-9(11)8(14(2)13-6)5-15-7(10(16)17)3-4-12-15/h3-4H,5H2,1-2H3,(H,16,17). The van der Waals surface area contributed by atoms with E-state index in [-0.39, 0.29) is 5.69 Å². The third kappa shape index (κ3) is 2.10. The molecule has 0 radical (unpaired) electrons. The SMILES string of the molecule is Cc1nn(C)c(Cn2nccc2C(=O)O)c1Br. The number of carboxylic acid groups (broad SMARTS) is 1. The number of rotatable bonds is 3. The van der Waals surface area contributed by atoms with Crippen LogP contribution in [-0.2, 0) is 13.6 Å². The average molecular weight is 299 g/mol. The Bertz CT molecular complexity index is 573. The molecule has 0 aliphatic heterocycles. The molecule has 0 amide bonds. The molecule has 0 aliphatic carbocycles. The molecule has 0 saturated carbocycles. The summed E-state index contributed by atoms with van der Waals surface area (Å²) in [5.74, 6) is -0.988. The van der Waals surface area contributed by atoms with Crippen LogP contribution in [0.3, 0.4) is 0 Å². The van der Waals surface area contributed by atoms with Crippen molar-refractivity contribution in [2.45, 2.75) is 13.5 Å². The zero-order chi connectivity index (χ0) is 12.6. The number of aromatic carboxylic acids is 1. The lowest BCUT2D eigenvalue weighted by Crippen LogP contribution is -2.13. The van der Waals surface area contributed by atoms with E-state index in [2.05, 4.69) is 26.1 Å². The Morgan fingerprint density at radius 2 is 2.29 bits per heavy atom. The van der Waals surface area contributed by atoms with E-state index in [1.54, 1.807) is 4.68 Å². The van der Waals surface area contributed by atoms with Crippen molar-refractivity contribution in [3.05, 3.63) is 33.8 Å². The summed E-state index contributed by atoms with van der Waals surface area (Å²) in [5, 5.41) is 17.2. The topological polar surface area (TPSA) is 72.9 Å². The number of halogens is 1. The van der Waals surface area contributed by atoms with Gasteiger partial charge in [0.25, 0.3) is 0 Å². The number of aryl methyl sites for hydroxylation is 2. The van der Waals surface area contributed by atoms with E-state index in [1.807, 2.05) is 14.0 Å². The van der Waals surface area contributed by atoms with E-state index in [0.717, 1.165) is 15.9 Å². The fourth-order valence-electron chi connectivity index (χ4n) is 1.63. The number of aromatic nitrogens is 4. The molecular formula is C10H11BrN4O2. The van der Waals surface area contributed by atoms with Gasteiger partial charge in [-0.1, -0.05) is 0 Å². The Kier molecular flexibility index (Phi) is 3.01. The Morgan fingerprint density at radius 1 is 1.59 bits per heavy atom. The van der Waals surface area contributed by atoms with Gasteiger partial charge < -0.3 is 5.11 Å². The fourth-order valence-corrected chi connectivity index (χ4v) is 2.10. The highest BCUT2D eigenvalue weighted by Gasteiger charge is 2.15. The van der Waals surface area contributed by atoms with Crippen molar-refractivity contribution in [1.82, 2.24) is 19.6 Å². The number of hydrogen-bond donors (Lipinski definition) is 1. The number of nitrogens with zero attached hydrogens (tertiary/aromatic N) is 4.